The first kappa shape index (κ1) is 16.8. The first-order valence-electron chi connectivity index (χ1n) is 8.10. The molecule has 1 fully saturated rings. The van der Waals surface area contributed by atoms with Gasteiger partial charge in [-0.05, 0) is 33.3 Å². The largest absolute Gasteiger partial charge is 0.462 e. The highest BCUT2D eigenvalue weighted by Crippen LogP contribution is 2.37. The van der Waals surface area contributed by atoms with Crippen LogP contribution in [0.3, 0.4) is 0 Å². The van der Waals surface area contributed by atoms with E-state index in [9.17, 15) is 0 Å². The fourth-order valence-corrected chi connectivity index (χ4v) is 2.82. The molecular weight excluding hydrogens is 301 g/mol. The van der Waals surface area contributed by atoms with Crippen LogP contribution in [-0.4, -0.2) is 27.9 Å². The Bertz CT molecular complexity index is 772. The minimum absolute atomic E-state index is 0.237. The maximum absolute atomic E-state index is 8.96. The molecule has 0 saturated carbocycles. The Balaban J connectivity index is 1.74. The Morgan fingerprint density at radius 1 is 1.12 bits per heavy atom. The summed E-state index contributed by atoms with van der Waals surface area (Å²) in [7, 11) is 1.65. The summed E-state index contributed by atoms with van der Waals surface area (Å²) in [4.78, 5) is 4.32. The van der Waals surface area contributed by atoms with E-state index < -0.39 is 0 Å². The molecule has 1 aromatic carbocycles. The van der Waals surface area contributed by atoms with Crippen molar-refractivity contribution < 1.29 is 9.31 Å². The van der Waals surface area contributed by atoms with E-state index in [4.69, 9.17) is 14.6 Å². The Labute approximate surface area is 143 Å². The lowest BCUT2D eigenvalue weighted by molar-refractivity contribution is 0.00578. The maximum Gasteiger partial charge on any atom is 0.462 e. The van der Waals surface area contributed by atoms with Crippen LogP contribution in [-0.2, 0) is 22.7 Å². The van der Waals surface area contributed by atoms with Gasteiger partial charge < -0.3 is 13.9 Å². The van der Waals surface area contributed by atoms with E-state index in [1.807, 2.05) is 23.7 Å². The lowest BCUT2D eigenvalue weighted by Gasteiger charge is -2.32. The van der Waals surface area contributed by atoms with Crippen LogP contribution in [0.4, 0.5) is 0 Å². The summed E-state index contributed by atoms with van der Waals surface area (Å²) in [6.07, 6.45) is 2.44. The van der Waals surface area contributed by atoms with Crippen LogP contribution >= 0.6 is 0 Å². The standard InChI is InChI=1S/C18H22BN3O2/c1-17(2)18(3,4)24-19(23-17)10-13-6-8-14(9-7-13)16-21-15(11-20)12-22(16)5/h6-9,12H,10H2,1-5H3. The third-order valence-electron chi connectivity index (χ3n) is 4.91. The number of benzene rings is 1. The molecule has 1 aromatic heterocycles. The molecule has 0 N–H and O–H groups in total. The van der Waals surface area contributed by atoms with E-state index in [1.165, 1.54) is 0 Å². The Hall–Kier alpha value is -2.10. The first-order valence-corrected chi connectivity index (χ1v) is 8.10. The van der Waals surface area contributed by atoms with E-state index in [2.05, 4.69) is 50.9 Å². The number of rotatable bonds is 3. The molecule has 0 bridgehead atoms. The lowest BCUT2D eigenvalue weighted by Crippen LogP contribution is -2.41. The molecule has 2 heterocycles. The summed E-state index contributed by atoms with van der Waals surface area (Å²) in [5.74, 6) is 0.786. The highest BCUT2D eigenvalue weighted by atomic mass is 16.7. The molecule has 1 saturated heterocycles. The molecule has 0 amide bonds. The zero-order valence-corrected chi connectivity index (χ0v) is 14.8. The van der Waals surface area contributed by atoms with E-state index >= 15 is 0 Å². The number of nitrogens with zero attached hydrogens (tertiary/aromatic N) is 3. The number of imidazole rings is 1. The molecule has 2 aromatic rings. The van der Waals surface area contributed by atoms with Crippen molar-refractivity contribution in [1.82, 2.24) is 9.55 Å². The predicted octanol–water partition coefficient (Wildman–Crippen LogP) is 3.13. The quantitative estimate of drug-likeness (QED) is 0.814. The van der Waals surface area contributed by atoms with Gasteiger partial charge in [-0.15, -0.1) is 0 Å². The van der Waals surface area contributed by atoms with Gasteiger partial charge in [-0.25, -0.2) is 4.98 Å². The Kier molecular flexibility index (Phi) is 4.02. The van der Waals surface area contributed by atoms with Crippen molar-refractivity contribution in [2.75, 3.05) is 0 Å². The highest BCUT2D eigenvalue weighted by molar-refractivity contribution is 6.45. The van der Waals surface area contributed by atoms with Gasteiger partial charge in [-0.1, -0.05) is 24.3 Å². The molecule has 6 heteroatoms. The fraction of sp³-hybridized carbons (Fsp3) is 0.444. The van der Waals surface area contributed by atoms with Crippen molar-refractivity contribution in [1.29, 1.82) is 5.26 Å². The van der Waals surface area contributed by atoms with Gasteiger partial charge in [0.25, 0.3) is 0 Å². The van der Waals surface area contributed by atoms with Crippen molar-refractivity contribution in [3.05, 3.63) is 41.7 Å². The van der Waals surface area contributed by atoms with Gasteiger partial charge in [0.15, 0.2) is 5.69 Å². The molecule has 5 nitrogen and oxygen atoms in total. The van der Waals surface area contributed by atoms with Crippen molar-refractivity contribution in [3.8, 4) is 17.5 Å². The van der Waals surface area contributed by atoms with Gasteiger partial charge in [0.1, 0.15) is 11.9 Å². The smallest absolute Gasteiger partial charge is 0.403 e. The average molecular weight is 323 g/mol. The minimum atomic E-state index is -0.307. The second-order valence-electron chi connectivity index (χ2n) is 7.26. The Morgan fingerprint density at radius 3 is 2.21 bits per heavy atom. The summed E-state index contributed by atoms with van der Waals surface area (Å²) in [5.41, 5.74) is 1.94. The van der Waals surface area contributed by atoms with Crippen LogP contribution in [0.5, 0.6) is 0 Å². The van der Waals surface area contributed by atoms with Crippen molar-refractivity contribution in [2.45, 2.75) is 45.2 Å². The summed E-state index contributed by atoms with van der Waals surface area (Å²) in [5, 5.41) is 8.96. The predicted molar refractivity (Wildman–Crippen MR) is 93.1 cm³/mol. The van der Waals surface area contributed by atoms with Crippen LogP contribution in [0.25, 0.3) is 11.4 Å². The molecular formula is C18H22BN3O2. The number of hydrogen-bond acceptors (Lipinski definition) is 4. The van der Waals surface area contributed by atoms with Crippen LogP contribution < -0.4 is 0 Å². The third kappa shape index (κ3) is 2.97. The molecule has 124 valence electrons. The average Bonchev–Trinajstić information content (AvgIpc) is 2.96. The fourth-order valence-electron chi connectivity index (χ4n) is 2.82. The van der Waals surface area contributed by atoms with Gasteiger partial charge in [-0.2, -0.15) is 5.26 Å². The van der Waals surface area contributed by atoms with Crippen molar-refractivity contribution >= 4 is 7.12 Å². The summed E-state index contributed by atoms with van der Waals surface area (Å²) in [6.45, 7) is 8.24. The number of nitriles is 1. The van der Waals surface area contributed by atoms with E-state index in [-0.39, 0.29) is 18.3 Å². The SMILES string of the molecule is Cn1cc(C#N)nc1-c1ccc(CB2OC(C)(C)C(C)(C)O2)cc1. The molecule has 0 unspecified atom stereocenters. The van der Waals surface area contributed by atoms with Crippen LogP contribution in [0.15, 0.2) is 30.5 Å². The van der Waals surface area contributed by atoms with Gasteiger partial charge in [-0.3, -0.25) is 0 Å². The normalized spacial score (nSPS) is 18.6. The van der Waals surface area contributed by atoms with Gasteiger partial charge in [0, 0.05) is 25.1 Å². The number of aryl methyl sites for hydroxylation is 1. The van der Waals surface area contributed by atoms with Crippen LogP contribution in [0.1, 0.15) is 39.0 Å². The summed E-state index contributed by atoms with van der Waals surface area (Å²) in [6, 6.07) is 10.2. The number of hydrogen-bond donors (Lipinski definition) is 0. The molecule has 0 radical (unpaired) electrons. The van der Waals surface area contributed by atoms with Crippen molar-refractivity contribution in [3.63, 3.8) is 0 Å². The lowest BCUT2D eigenvalue weighted by atomic mass is 9.80. The van der Waals surface area contributed by atoms with Crippen LogP contribution in [0, 0.1) is 11.3 Å². The Morgan fingerprint density at radius 2 is 1.71 bits per heavy atom. The molecule has 1 aliphatic heterocycles. The molecule has 0 atom stereocenters. The maximum atomic E-state index is 8.96. The van der Waals surface area contributed by atoms with E-state index in [0.29, 0.717) is 12.0 Å². The van der Waals surface area contributed by atoms with E-state index in [1.54, 1.807) is 6.20 Å². The van der Waals surface area contributed by atoms with Gasteiger partial charge in [0.05, 0.1) is 11.2 Å². The van der Waals surface area contributed by atoms with E-state index in [0.717, 1.165) is 17.0 Å². The molecule has 3 rings (SSSR count). The molecule has 0 aliphatic carbocycles. The second kappa shape index (κ2) is 5.76. The minimum Gasteiger partial charge on any atom is -0.403 e. The second-order valence-corrected chi connectivity index (χ2v) is 7.26. The van der Waals surface area contributed by atoms with Crippen molar-refractivity contribution in [2.24, 2.45) is 7.05 Å². The summed E-state index contributed by atoms with van der Waals surface area (Å²) < 4.78 is 14.0. The summed E-state index contributed by atoms with van der Waals surface area (Å²) >= 11 is 0. The molecule has 24 heavy (non-hydrogen) atoms. The van der Waals surface area contributed by atoms with Crippen LogP contribution in [0.2, 0.25) is 0 Å². The number of aromatic nitrogens is 2. The zero-order chi connectivity index (χ0) is 17.5. The molecule has 1 aliphatic rings. The van der Waals surface area contributed by atoms with Gasteiger partial charge in [0.2, 0.25) is 0 Å². The zero-order valence-electron chi connectivity index (χ0n) is 14.8. The third-order valence-corrected chi connectivity index (χ3v) is 4.91. The van der Waals surface area contributed by atoms with Gasteiger partial charge >= 0.3 is 7.12 Å². The topological polar surface area (TPSA) is 60.1 Å². The molecule has 0 spiro atoms. The first-order chi connectivity index (χ1) is 11.2. The highest BCUT2D eigenvalue weighted by Gasteiger charge is 2.50. The monoisotopic (exact) mass is 323 g/mol.